The van der Waals surface area contributed by atoms with E-state index >= 15 is 0 Å². The molecular weight excluding hydrogens is 309 g/mol. The molecule has 0 aromatic heterocycles. The van der Waals surface area contributed by atoms with Gasteiger partial charge in [0.15, 0.2) is 0 Å². The average Bonchev–Trinajstić information content (AvgIpc) is 2.40. The third-order valence-corrected chi connectivity index (χ3v) is 3.97. The summed E-state index contributed by atoms with van der Waals surface area (Å²) in [5, 5.41) is 13.7. The van der Waals surface area contributed by atoms with E-state index in [-0.39, 0.29) is 29.6 Å². The van der Waals surface area contributed by atoms with Crippen LogP contribution in [0.3, 0.4) is 0 Å². The van der Waals surface area contributed by atoms with E-state index < -0.39 is 17.0 Å². The summed E-state index contributed by atoms with van der Waals surface area (Å²) in [6.45, 7) is 0. The number of alkyl halides is 3. The summed E-state index contributed by atoms with van der Waals surface area (Å²) in [6.07, 6.45) is -2.96. The Hall–Kier alpha value is -1.50. The lowest BCUT2D eigenvalue weighted by Crippen LogP contribution is -2.34. The van der Waals surface area contributed by atoms with Gasteiger partial charge >= 0.3 is 6.18 Å². The van der Waals surface area contributed by atoms with Crippen LogP contribution < -0.4 is 5.32 Å². The lowest BCUT2D eigenvalue weighted by Gasteiger charge is -2.31. The molecule has 21 heavy (non-hydrogen) atoms. The molecule has 0 spiro atoms. The first-order chi connectivity index (χ1) is 9.77. The molecule has 0 radical (unpaired) electrons. The zero-order chi connectivity index (χ0) is 15.6. The Balaban J connectivity index is 2.08. The van der Waals surface area contributed by atoms with E-state index in [1.54, 1.807) is 0 Å². The fraction of sp³-hybridized carbons (Fsp3) is 0.538. The molecule has 0 saturated heterocycles. The number of nitro benzene ring substituents is 1. The summed E-state index contributed by atoms with van der Waals surface area (Å²) < 4.78 is 38.2. The Morgan fingerprint density at radius 3 is 2.67 bits per heavy atom. The molecule has 1 aromatic carbocycles. The van der Waals surface area contributed by atoms with E-state index in [4.69, 9.17) is 11.6 Å². The van der Waals surface area contributed by atoms with E-state index in [1.165, 1.54) is 18.2 Å². The predicted molar refractivity (Wildman–Crippen MR) is 73.5 cm³/mol. The van der Waals surface area contributed by atoms with Crippen molar-refractivity contribution in [1.29, 1.82) is 0 Å². The van der Waals surface area contributed by atoms with Crippen molar-refractivity contribution in [3.8, 4) is 0 Å². The molecule has 0 aliphatic heterocycles. The van der Waals surface area contributed by atoms with E-state index in [0.717, 1.165) is 0 Å². The van der Waals surface area contributed by atoms with Gasteiger partial charge in [0.25, 0.3) is 5.69 Å². The number of benzene rings is 1. The molecule has 1 saturated carbocycles. The third kappa shape index (κ3) is 4.00. The van der Waals surface area contributed by atoms with Crippen LogP contribution in [0.5, 0.6) is 0 Å². The average molecular weight is 323 g/mol. The molecule has 8 heteroatoms. The quantitative estimate of drug-likeness (QED) is 0.643. The minimum absolute atomic E-state index is 0.00219. The van der Waals surface area contributed by atoms with Crippen LogP contribution in [0, 0.1) is 16.0 Å². The van der Waals surface area contributed by atoms with Gasteiger partial charge in [0.2, 0.25) is 0 Å². The Kier molecular flexibility index (Phi) is 4.61. The number of halogens is 4. The fourth-order valence-electron chi connectivity index (χ4n) is 2.60. The van der Waals surface area contributed by atoms with E-state index in [9.17, 15) is 23.3 Å². The highest BCUT2D eigenvalue weighted by atomic mass is 35.5. The lowest BCUT2D eigenvalue weighted by atomic mass is 9.85. The zero-order valence-electron chi connectivity index (χ0n) is 11.0. The van der Waals surface area contributed by atoms with Crippen molar-refractivity contribution in [1.82, 2.24) is 0 Å². The third-order valence-electron chi connectivity index (χ3n) is 3.65. The number of anilines is 1. The molecule has 4 nitrogen and oxygen atoms in total. The molecule has 1 aliphatic rings. The second-order valence-electron chi connectivity index (χ2n) is 5.17. The van der Waals surface area contributed by atoms with Crippen LogP contribution in [0.25, 0.3) is 0 Å². The number of nitrogens with zero attached hydrogens (tertiary/aromatic N) is 1. The highest BCUT2D eigenvalue weighted by molar-refractivity contribution is 6.32. The van der Waals surface area contributed by atoms with Crippen molar-refractivity contribution in [3.63, 3.8) is 0 Å². The summed E-state index contributed by atoms with van der Waals surface area (Å²) in [4.78, 5) is 10.2. The van der Waals surface area contributed by atoms with E-state index in [0.29, 0.717) is 18.5 Å². The van der Waals surface area contributed by atoms with Crippen LogP contribution in [0.1, 0.15) is 25.7 Å². The monoisotopic (exact) mass is 322 g/mol. The Labute approximate surface area is 124 Å². The molecule has 0 heterocycles. The number of hydrogen-bond acceptors (Lipinski definition) is 3. The maximum absolute atomic E-state index is 12.7. The standard InChI is InChI=1S/C13H14ClF3N2O2/c14-11-5-4-10(7-12(11)19(20)21)18-9-3-1-2-8(6-9)13(15,16)17/h4-5,7-9,18H,1-3,6H2. The second-order valence-corrected chi connectivity index (χ2v) is 5.58. The minimum atomic E-state index is -4.19. The van der Waals surface area contributed by atoms with Crippen LogP contribution in [0.15, 0.2) is 18.2 Å². The van der Waals surface area contributed by atoms with E-state index in [1.807, 2.05) is 0 Å². The van der Waals surface area contributed by atoms with Gasteiger partial charge in [-0.3, -0.25) is 10.1 Å². The van der Waals surface area contributed by atoms with Crippen molar-refractivity contribution >= 4 is 23.0 Å². The highest BCUT2D eigenvalue weighted by Gasteiger charge is 2.42. The second kappa shape index (κ2) is 6.09. The summed E-state index contributed by atoms with van der Waals surface area (Å²) in [5.74, 6) is -1.31. The van der Waals surface area contributed by atoms with Crippen LogP contribution in [0.4, 0.5) is 24.5 Å². The molecule has 0 bridgehead atoms. The molecule has 1 aliphatic carbocycles. The van der Waals surface area contributed by atoms with Crippen LogP contribution in [0.2, 0.25) is 5.02 Å². The van der Waals surface area contributed by atoms with Gasteiger partial charge < -0.3 is 5.32 Å². The van der Waals surface area contributed by atoms with Gasteiger partial charge in [-0.1, -0.05) is 18.0 Å². The molecule has 1 aromatic rings. The van der Waals surface area contributed by atoms with E-state index in [2.05, 4.69) is 5.32 Å². The smallest absolute Gasteiger partial charge is 0.382 e. The Bertz CT molecular complexity index is 537. The van der Waals surface area contributed by atoms with Crippen LogP contribution in [-0.2, 0) is 0 Å². The van der Waals surface area contributed by atoms with Crippen molar-refractivity contribution < 1.29 is 18.1 Å². The molecule has 116 valence electrons. The number of nitrogens with one attached hydrogen (secondary N) is 1. The summed E-state index contributed by atoms with van der Waals surface area (Å²) in [6, 6.07) is 3.81. The molecule has 1 fully saturated rings. The van der Waals surface area contributed by atoms with Crippen LogP contribution in [-0.4, -0.2) is 17.1 Å². The topological polar surface area (TPSA) is 55.2 Å². The SMILES string of the molecule is O=[N+]([O-])c1cc(NC2CCCC(C(F)(F)F)C2)ccc1Cl. The van der Waals surface area contributed by atoms with Gasteiger partial charge in [0.1, 0.15) is 5.02 Å². The maximum Gasteiger partial charge on any atom is 0.391 e. The fourth-order valence-corrected chi connectivity index (χ4v) is 2.78. The van der Waals surface area contributed by atoms with Crippen LogP contribution >= 0.6 is 11.6 Å². The summed E-state index contributed by atoms with van der Waals surface area (Å²) >= 11 is 5.70. The molecule has 2 rings (SSSR count). The number of hydrogen-bond donors (Lipinski definition) is 1. The van der Waals surface area contributed by atoms with Gasteiger partial charge in [0.05, 0.1) is 10.8 Å². The first kappa shape index (κ1) is 15.9. The molecule has 2 unspecified atom stereocenters. The van der Waals surface area contributed by atoms with Gasteiger partial charge in [-0.05, 0) is 31.4 Å². The number of nitro groups is 1. The maximum atomic E-state index is 12.7. The number of rotatable bonds is 3. The molecule has 0 amide bonds. The van der Waals surface area contributed by atoms with Crippen molar-refractivity contribution in [2.45, 2.75) is 37.9 Å². The molecule has 1 N–H and O–H groups in total. The Morgan fingerprint density at radius 1 is 1.33 bits per heavy atom. The first-order valence-electron chi connectivity index (χ1n) is 6.54. The van der Waals surface area contributed by atoms with Gasteiger partial charge in [-0.25, -0.2) is 0 Å². The van der Waals surface area contributed by atoms with Gasteiger partial charge in [0, 0.05) is 17.8 Å². The van der Waals surface area contributed by atoms with Crippen molar-refractivity contribution in [3.05, 3.63) is 33.3 Å². The molecular formula is C13H14ClF3N2O2. The van der Waals surface area contributed by atoms with Crippen molar-refractivity contribution in [2.75, 3.05) is 5.32 Å². The van der Waals surface area contributed by atoms with Gasteiger partial charge in [-0.15, -0.1) is 0 Å². The van der Waals surface area contributed by atoms with Gasteiger partial charge in [-0.2, -0.15) is 13.2 Å². The zero-order valence-corrected chi connectivity index (χ0v) is 11.7. The minimum Gasteiger partial charge on any atom is -0.382 e. The summed E-state index contributed by atoms with van der Waals surface area (Å²) in [7, 11) is 0. The highest BCUT2D eigenvalue weighted by Crippen LogP contribution is 2.38. The lowest BCUT2D eigenvalue weighted by molar-refractivity contribution is -0.384. The Morgan fingerprint density at radius 2 is 2.05 bits per heavy atom. The predicted octanol–water partition coefficient (Wildman–Crippen LogP) is 4.78. The largest absolute Gasteiger partial charge is 0.391 e. The molecule has 2 atom stereocenters. The van der Waals surface area contributed by atoms with Crippen molar-refractivity contribution in [2.24, 2.45) is 5.92 Å². The first-order valence-corrected chi connectivity index (χ1v) is 6.92. The summed E-state index contributed by atoms with van der Waals surface area (Å²) in [5.41, 5.74) is 0.156. The normalized spacial score (nSPS) is 22.9.